The lowest BCUT2D eigenvalue weighted by Crippen LogP contribution is -2.43. The fourth-order valence-electron chi connectivity index (χ4n) is 2.00. The Kier molecular flexibility index (Phi) is 5.20. The quantitative estimate of drug-likeness (QED) is 0.844. The number of methoxy groups -OCH3 is 1. The maximum atomic E-state index is 12.0. The van der Waals surface area contributed by atoms with E-state index in [1.165, 1.54) is 0 Å². The molecular weight excluding hydrogens is 260 g/mol. The molecule has 110 valence electrons. The maximum Gasteiger partial charge on any atom is 0.260 e. The molecule has 0 spiro atoms. The van der Waals surface area contributed by atoms with E-state index in [9.17, 15) is 4.79 Å². The molecule has 2 rings (SSSR count). The summed E-state index contributed by atoms with van der Waals surface area (Å²) in [6, 6.07) is 5.44. The first kappa shape index (κ1) is 14.6. The summed E-state index contributed by atoms with van der Waals surface area (Å²) in [6.07, 6.45) is 0. The van der Waals surface area contributed by atoms with Crippen molar-refractivity contribution in [3.8, 4) is 11.5 Å². The number of benzene rings is 1. The Morgan fingerprint density at radius 2 is 2.10 bits per heavy atom. The highest BCUT2D eigenvalue weighted by molar-refractivity contribution is 5.78. The van der Waals surface area contributed by atoms with Crippen molar-refractivity contribution < 1.29 is 19.0 Å². The molecule has 2 N–H and O–H groups in total. The molecule has 0 aliphatic carbocycles. The van der Waals surface area contributed by atoms with Crippen molar-refractivity contribution in [1.82, 2.24) is 4.90 Å². The van der Waals surface area contributed by atoms with Crippen LogP contribution in [0.5, 0.6) is 11.5 Å². The number of morpholine rings is 1. The molecule has 0 saturated carbocycles. The molecule has 0 bridgehead atoms. The van der Waals surface area contributed by atoms with Gasteiger partial charge in [0.25, 0.3) is 5.91 Å². The van der Waals surface area contributed by atoms with E-state index in [-0.39, 0.29) is 12.5 Å². The molecule has 1 aliphatic heterocycles. The van der Waals surface area contributed by atoms with Crippen molar-refractivity contribution in [3.63, 3.8) is 0 Å². The number of nitrogens with zero attached hydrogens (tertiary/aromatic N) is 1. The Balaban J connectivity index is 1.94. The van der Waals surface area contributed by atoms with Gasteiger partial charge in [-0.15, -0.1) is 0 Å². The van der Waals surface area contributed by atoms with Crippen LogP contribution in [0.25, 0.3) is 0 Å². The van der Waals surface area contributed by atoms with Crippen LogP contribution < -0.4 is 15.2 Å². The average Bonchev–Trinajstić information content (AvgIpc) is 2.53. The summed E-state index contributed by atoms with van der Waals surface area (Å²) < 4.78 is 16.0. The van der Waals surface area contributed by atoms with Crippen LogP contribution in [0.3, 0.4) is 0 Å². The number of hydrogen-bond acceptors (Lipinski definition) is 5. The van der Waals surface area contributed by atoms with E-state index >= 15 is 0 Å². The van der Waals surface area contributed by atoms with Crippen LogP contribution in [0, 0.1) is 0 Å². The molecular formula is C14H20N2O4. The zero-order chi connectivity index (χ0) is 14.4. The number of carbonyl (C=O) groups excluding carboxylic acids is 1. The van der Waals surface area contributed by atoms with Gasteiger partial charge in [0, 0.05) is 19.6 Å². The third-order valence-electron chi connectivity index (χ3n) is 3.18. The van der Waals surface area contributed by atoms with E-state index in [2.05, 4.69) is 0 Å². The van der Waals surface area contributed by atoms with E-state index < -0.39 is 0 Å². The second kappa shape index (κ2) is 7.12. The summed E-state index contributed by atoms with van der Waals surface area (Å²) in [7, 11) is 1.56. The van der Waals surface area contributed by atoms with Gasteiger partial charge in [-0.05, 0) is 17.7 Å². The highest BCUT2D eigenvalue weighted by atomic mass is 16.5. The lowest BCUT2D eigenvalue weighted by atomic mass is 10.2. The molecule has 1 saturated heterocycles. The van der Waals surface area contributed by atoms with Crippen molar-refractivity contribution in [3.05, 3.63) is 23.8 Å². The Morgan fingerprint density at radius 3 is 2.75 bits per heavy atom. The smallest absolute Gasteiger partial charge is 0.260 e. The molecule has 6 nitrogen and oxygen atoms in total. The molecule has 1 fully saturated rings. The Hall–Kier alpha value is -1.79. The summed E-state index contributed by atoms with van der Waals surface area (Å²) in [5.41, 5.74) is 6.53. The van der Waals surface area contributed by atoms with Gasteiger partial charge in [0.15, 0.2) is 18.1 Å². The number of carbonyl (C=O) groups is 1. The van der Waals surface area contributed by atoms with Crippen LogP contribution in [-0.2, 0) is 16.1 Å². The third kappa shape index (κ3) is 3.61. The molecule has 0 unspecified atom stereocenters. The first-order chi connectivity index (χ1) is 9.74. The summed E-state index contributed by atoms with van der Waals surface area (Å²) in [5, 5.41) is 0. The predicted octanol–water partition coefficient (Wildman–Crippen LogP) is 0.392. The lowest BCUT2D eigenvalue weighted by Gasteiger charge is -2.26. The molecule has 0 radical (unpaired) electrons. The first-order valence-corrected chi connectivity index (χ1v) is 6.60. The summed E-state index contributed by atoms with van der Waals surface area (Å²) >= 11 is 0. The number of amides is 1. The van der Waals surface area contributed by atoms with Crippen LogP contribution in [-0.4, -0.2) is 50.8 Å². The van der Waals surface area contributed by atoms with Gasteiger partial charge in [0.05, 0.1) is 20.3 Å². The van der Waals surface area contributed by atoms with Crippen molar-refractivity contribution >= 4 is 5.91 Å². The molecule has 1 aromatic rings. The van der Waals surface area contributed by atoms with Crippen LogP contribution in [0.1, 0.15) is 5.56 Å². The minimum absolute atomic E-state index is 0.00166. The van der Waals surface area contributed by atoms with Gasteiger partial charge in [0.1, 0.15) is 0 Å². The molecule has 6 heteroatoms. The lowest BCUT2D eigenvalue weighted by molar-refractivity contribution is -0.137. The Morgan fingerprint density at radius 1 is 1.35 bits per heavy atom. The number of ether oxygens (including phenoxy) is 3. The summed E-state index contributed by atoms with van der Waals surface area (Å²) in [4.78, 5) is 13.7. The van der Waals surface area contributed by atoms with Gasteiger partial charge in [-0.3, -0.25) is 4.79 Å². The van der Waals surface area contributed by atoms with Crippen molar-refractivity contribution in [2.45, 2.75) is 6.54 Å². The molecule has 0 atom stereocenters. The average molecular weight is 280 g/mol. The van der Waals surface area contributed by atoms with Gasteiger partial charge in [-0.1, -0.05) is 6.07 Å². The van der Waals surface area contributed by atoms with E-state index in [4.69, 9.17) is 19.9 Å². The van der Waals surface area contributed by atoms with Crippen LogP contribution in [0.15, 0.2) is 18.2 Å². The minimum Gasteiger partial charge on any atom is -0.493 e. The predicted molar refractivity (Wildman–Crippen MR) is 73.8 cm³/mol. The van der Waals surface area contributed by atoms with Crippen LogP contribution >= 0.6 is 0 Å². The molecule has 1 heterocycles. The number of nitrogens with two attached hydrogens (primary N) is 1. The first-order valence-electron chi connectivity index (χ1n) is 6.60. The second-order valence-electron chi connectivity index (χ2n) is 4.47. The molecule has 20 heavy (non-hydrogen) atoms. The molecule has 1 aliphatic rings. The van der Waals surface area contributed by atoms with E-state index in [0.717, 1.165) is 5.56 Å². The Labute approximate surface area is 118 Å². The molecule has 0 aromatic heterocycles. The van der Waals surface area contributed by atoms with Gasteiger partial charge in [-0.2, -0.15) is 0 Å². The fourth-order valence-corrected chi connectivity index (χ4v) is 2.00. The Bertz CT molecular complexity index is 458. The zero-order valence-electron chi connectivity index (χ0n) is 11.6. The number of hydrogen-bond donors (Lipinski definition) is 1. The van der Waals surface area contributed by atoms with E-state index in [1.54, 1.807) is 18.1 Å². The van der Waals surface area contributed by atoms with Crippen molar-refractivity contribution in [2.75, 3.05) is 40.0 Å². The molecule has 1 amide bonds. The largest absolute Gasteiger partial charge is 0.493 e. The van der Waals surface area contributed by atoms with Gasteiger partial charge < -0.3 is 24.8 Å². The van der Waals surface area contributed by atoms with Crippen molar-refractivity contribution in [2.24, 2.45) is 5.73 Å². The highest BCUT2D eigenvalue weighted by Crippen LogP contribution is 2.27. The van der Waals surface area contributed by atoms with Gasteiger partial charge >= 0.3 is 0 Å². The van der Waals surface area contributed by atoms with Gasteiger partial charge in [0.2, 0.25) is 0 Å². The van der Waals surface area contributed by atoms with Crippen LogP contribution in [0.2, 0.25) is 0 Å². The molecule has 1 aromatic carbocycles. The van der Waals surface area contributed by atoms with E-state index in [0.29, 0.717) is 44.3 Å². The normalized spacial score (nSPS) is 15.0. The topological polar surface area (TPSA) is 74.0 Å². The van der Waals surface area contributed by atoms with Gasteiger partial charge in [-0.25, -0.2) is 0 Å². The monoisotopic (exact) mass is 280 g/mol. The van der Waals surface area contributed by atoms with E-state index in [1.807, 2.05) is 12.1 Å². The highest BCUT2D eigenvalue weighted by Gasteiger charge is 2.17. The zero-order valence-corrected chi connectivity index (χ0v) is 11.6. The third-order valence-corrected chi connectivity index (χ3v) is 3.18. The summed E-state index contributed by atoms with van der Waals surface area (Å²) in [6.45, 7) is 2.83. The second-order valence-corrected chi connectivity index (χ2v) is 4.47. The van der Waals surface area contributed by atoms with Crippen molar-refractivity contribution in [1.29, 1.82) is 0 Å². The maximum absolute atomic E-state index is 12.0. The van der Waals surface area contributed by atoms with Crippen LogP contribution in [0.4, 0.5) is 0 Å². The summed E-state index contributed by atoms with van der Waals surface area (Å²) in [5.74, 6) is 1.09. The minimum atomic E-state index is -0.0433. The standard InChI is InChI=1S/C14H20N2O4/c1-18-13-8-11(9-15)2-3-12(13)20-10-14(17)16-4-6-19-7-5-16/h2-3,8H,4-7,9-10,15H2,1H3. The fraction of sp³-hybridized carbons (Fsp3) is 0.500. The number of rotatable bonds is 5. The SMILES string of the molecule is COc1cc(CN)ccc1OCC(=O)N1CCOCC1.